The SMILES string of the molecule is C=CCCCCCCCCCCCCCCCC.[OH][Cd]. The quantitative estimate of drug-likeness (QED) is 0.195. The molecule has 1 nitrogen and oxygen atoms in total. The summed E-state index contributed by atoms with van der Waals surface area (Å²) in [5.41, 5.74) is 0. The molecule has 0 aliphatic carbocycles. The number of hydrogen-bond donors (Lipinski definition) is 1. The van der Waals surface area contributed by atoms with E-state index in [1.54, 1.807) is 0 Å². The summed E-state index contributed by atoms with van der Waals surface area (Å²) in [7, 11) is 0. The number of hydrogen-bond acceptors (Lipinski definition) is 1. The van der Waals surface area contributed by atoms with Gasteiger partial charge in [-0.1, -0.05) is 96.5 Å². The third-order valence-corrected chi connectivity index (χ3v) is 3.76. The first-order valence-electron chi connectivity index (χ1n) is 8.84. The topological polar surface area (TPSA) is 20.2 Å². The summed E-state index contributed by atoms with van der Waals surface area (Å²) < 4.78 is 7.17. The molecule has 0 aromatic carbocycles. The van der Waals surface area contributed by atoms with Crippen LogP contribution in [0.25, 0.3) is 0 Å². The first-order chi connectivity index (χ1) is 9.91. The van der Waals surface area contributed by atoms with Crippen LogP contribution in [0.15, 0.2) is 12.7 Å². The average molecular weight is 382 g/mol. The van der Waals surface area contributed by atoms with Crippen molar-refractivity contribution in [1.82, 2.24) is 0 Å². The van der Waals surface area contributed by atoms with Crippen LogP contribution in [0, 0.1) is 0 Å². The van der Waals surface area contributed by atoms with Crippen LogP contribution in [0.1, 0.15) is 103 Å². The van der Waals surface area contributed by atoms with E-state index in [4.69, 9.17) is 3.06 Å². The minimum atomic E-state index is 0.150. The third kappa shape index (κ3) is 23.7. The Balaban J connectivity index is 0. The molecule has 0 rings (SSSR count). The van der Waals surface area contributed by atoms with Crippen LogP contribution in [0.3, 0.4) is 0 Å². The molecule has 0 bridgehead atoms. The fourth-order valence-electron chi connectivity index (χ4n) is 2.48. The molecule has 0 radical (unpaired) electrons. The molecule has 0 saturated heterocycles. The summed E-state index contributed by atoms with van der Waals surface area (Å²) in [6, 6.07) is 0. The van der Waals surface area contributed by atoms with Gasteiger partial charge in [0.2, 0.25) is 0 Å². The van der Waals surface area contributed by atoms with Gasteiger partial charge in [-0.2, -0.15) is 0 Å². The molecule has 117 valence electrons. The number of allylic oxidation sites excluding steroid dienone is 1. The first kappa shape index (κ1) is 22.9. The first-order valence-corrected chi connectivity index (χ1v) is 10.6. The van der Waals surface area contributed by atoms with E-state index in [1.807, 2.05) is 6.08 Å². The van der Waals surface area contributed by atoms with Crippen LogP contribution in [0.4, 0.5) is 0 Å². The van der Waals surface area contributed by atoms with Gasteiger partial charge in [0, 0.05) is 0 Å². The monoisotopic (exact) mass is 383 g/mol. The molecule has 0 atom stereocenters. The van der Waals surface area contributed by atoms with E-state index in [0.29, 0.717) is 0 Å². The van der Waals surface area contributed by atoms with Crippen LogP contribution < -0.4 is 0 Å². The molecule has 0 saturated carbocycles. The van der Waals surface area contributed by atoms with E-state index in [0.717, 1.165) is 0 Å². The van der Waals surface area contributed by atoms with Gasteiger partial charge in [-0.3, -0.25) is 0 Å². The maximum absolute atomic E-state index is 7.17. The zero-order valence-electron chi connectivity index (χ0n) is 14.0. The van der Waals surface area contributed by atoms with Crippen LogP contribution in [-0.2, 0) is 26.2 Å². The van der Waals surface area contributed by atoms with E-state index >= 15 is 0 Å². The summed E-state index contributed by atoms with van der Waals surface area (Å²) in [4.78, 5) is 0. The second kappa shape index (κ2) is 24.6. The molecule has 2 heteroatoms. The Morgan fingerprint density at radius 2 is 0.950 bits per heavy atom. The zero-order valence-corrected chi connectivity index (χ0v) is 18.1. The second-order valence-electron chi connectivity index (χ2n) is 5.67. The molecule has 0 aromatic heterocycles. The predicted octanol–water partition coefficient (Wildman–Crippen LogP) is 6.48. The summed E-state index contributed by atoms with van der Waals surface area (Å²) in [5, 5.41) is 0. The average Bonchev–Trinajstić information content (AvgIpc) is 2.50. The van der Waals surface area contributed by atoms with Crippen LogP contribution in [0.2, 0.25) is 0 Å². The molecule has 0 aliphatic rings. The Labute approximate surface area is 145 Å². The van der Waals surface area contributed by atoms with E-state index in [-0.39, 0.29) is 26.2 Å². The van der Waals surface area contributed by atoms with Crippen molar-refractivity contribution < 1.29 is 29.3 Å². The molecule has 20 heavy (non-hydrogen) atoms. The van der Waals surface area contributed by atoms with Gasteiger partial charge in [0.25, 0.3) is 0 Å². The normalized spacial score (nSPS) is 10.0. The molecule has 0 fully saturated rings. The van der Waals surface area contributed by atoms with Crippen molar-refractivity contribution in [2.24, 2.45) is 0 Å². The second-order valence-corrected chi connectivity index (χ2v) is 5.67. The molecule has 0 heterocycles. The zero-order chi connectivity index (χ0) is 15.3. The van der Waals surface area contributed by atoms with Gasteiger partial charge in [-0.15, -0.1) is 6.58 Å². The van der Waals surface area contributed by atoms with Crippen LogP contribution in [-0.4, -0.2) is 3.06 Å². The molecule has 0 spiro atoms. The predicted molar refractivity (Wildman–Crippen MR) is 87.3 cm³/mol. The Kier molecular flexibility index (Phi) is 28.2. The van der Waals surface area contributed by atoms with Crippen molar-refractivity contribution in [3.63, 3.8) is 0 Å². The third-order valence-electron chi connectivity index (χ3n) is 3.76. The van der Waals surface area contributed by atoms with Crippen molar-refractivity contribution in [2.75, 3.05) is 0 Å². The molecular formula is C18H37CdO. The molecule has 1 N–H and O–H groups in total. The number of unbranched alkanes of at least 4 members (excludes halogenated alkanes) is 14. The van der Waals surface area contributed by atoms with Gasteiger partial charge in [-0.05, 0) is 12.8 Å². The Hall–Kier alpha value is 0.622. The summed E-state index contributed by atoms with van der Waals surface area (Å²) in [6.07, 6.45) is 23.5. The standard InChI is InChI=1S/C18H36.Cd.H2O/c1-3-5-7-9-11-13-15-17-18-16-14-12-10-8-6-4-2;;/h3H,1,4-18H2,2H3;;1H2/q;+1;/p-1. The Bertz CT molecular complexity index is 159. The Morgan fingerprint density at radius 3 is 1.25 bits per heavy atom. The maximum atomic E-state index is 7.17. The van der Waals surface area contributed by atoms with E-state index in [9.17, 15) is 0 Å². The van der Waals surface area contributed by atoms with Gasteiger partial charge < -0.3 is 0 Å². The van der Waals surface area contributed by atoms with Crippen molar-refractivity contribution >= 4 is 0 Å². The van der Waals surface area contributed by atoms with Crippen molar-refractivity contribution in [1.29, 1.82) is 0 Å². The summed E-state index contributed by atoms with van der Waals surface area (Å²) in [5.74, 6) is 0. The van der Waals surface area contributed by atoms with Crippen LogP contribution in [0.5, 0.6) is 0 Å². The number of rotatable bonds is 15. The minimum absolute atomic E-state index is 0.150. The van der Waals surface area contributed by atoms with Gasteiger partial charge in [0.05, 0.1) is 0 Å². The van der Waals surface area contributed by atoms with Crippen LogP contribution >= 0.6 is 0 Å². The van der Waals surface area contributed by atoms with Gasteiger partial charge in [0.1, 0.15) is 0 Å². The molecule has 0 unspecified atom stereocenters. The van der Waals surface area contributed by atoms with Crippen molar-refractivity contribution in [2.45, 2.75) is 103 Å². The summed E-state index contributed by atoms with van der Waals surface area (Å²) >= 11 is 0.150. The van der Waals surface area contributed by atoms with Crippen molar-refractivity contribution in [3.8, 4) is 0 Å². The Morgan fingerprint density at radius 1 is 0.650 bits per heavy atom. The fraction of sp³-hybridized carbons (Fsp3) is 0.889. The fourth-order valence-corrected chi connectivity index (χ4v) is 2.48. The van der Waals surface area contributed by atoms with Gasteiger partial charge in [-0.25, -0.2) is 0 Å². The molecular weight excluding hydrogens is 345 g/mol. The van der Waals surface area contributed by atoms with Gasteiger partial charge >= 0.3 is 29.3 Å². The molecule has 0 amide bonds. The van der Waals surface area contributed by atoms with E-state index in [2.05, 4.69) is 13.5 Å². The summed E-state index contributed by atoms with van der Waals surface area (Å²) in [6.45, 7) is 6.05. The van der Waals surface area contributed by atoms with Crippen molar-refractivity contribution in [3.05, 3.63) is 12.7 Å². The molecule has 0 aliphatic heterocycles. The van der Waals surface area contributed by atoms with E-state index < -0.39 is 0 Å². The molecule has 0 aromatic rings. The van der Waals surface area contributed by atoms with Gasteiger partial charge in [0.15, 0.2) is 0 Å². The van der Waals surface area contributed by atoms with E-state index in [1.165, 1.54) is 96.3 Å².